The fourth-order valence-electron chi connectivity index (χ4n) is 11.4. The number of Topliss-reactive ketones (excluding diaryl/α,β-unsaturated/α-hetero) is 4. The highest BCUT2D eigenvalue weighted by atomic mass is 32.1. The standard InChI is InChI=1S/C70H38F6O14S4/c71-69(72,73)39-21-23-43-45(25-39)53(77)55(79)47(43)27-41-29-49-57(91-41)59-51(67(89-49,63(81)85-31-35-13-5-1-6-14-35)64(82)86-32-36-15-7-2-8-16-36)61-62(93-59)52-60(94-61)58-50(30-42(92-58)28-48-44-24-22-40(70(74,75)76)26-46(44)54(78)56(48)80)90-68(52,65(83)87-33-37-17-9-3-10-18-37)66(84)88-34-38-19-11-4-12-20-38/h1-30H,31-34H2/b47-27-,48-28-. The van der Waals surface area contributed by atoms with Crippen molar-refractivity contribution in [2.75, 3.05) is 0 Å². The maximum atomic E-state index is 15.8. The molecule has 6 heterocycles. The molecule has 0 N–H and O–H groups in total. The first-order valence-corrected chi connectivity index (χ1v) is 31.5. The number of rotatable bonds is 14. The minimum atomic E-state index is -4.86. The summed E-state index contributed by atoms with van der Waals surface area (Å²) in [6.45, 7) is -1.74. The van der Waals surface area contributed by atoms with Crippen molar-refractivity contribution in [1.82, 2.24) is 0 Å². The summed E-state index contributed by atoms with van der Waals surface area (Å²) in [7, 11) is 0. The van der Waals surface area contributed by atoms with Crippen molar-refractivity contribution in [3.8, 4) is 31.0 Å². The van der Waals surface area contributed by atoms with Gasteiger partial charge in [0.25, 0.3) is 0 Å². The Labute approximate surface area is 542 Å². The summed E-state index contributed by atoms with van der Waals surface area (Å²) >= 11 is 3.56. The topological polar surface area (TPSA) is 192 Å². The van der Waals surface area contributed by atoms with Gasteiger partial charge in [-0.1, -0.05) is 133 Å². The number of carbonyl (C=O) groups is 8. The molecule has 4 aromatic heterocycles. The second-order valence-electron chi connectivity index (χ2n) is 21.7. The van der Waals surface area contributed by atoms with Crippen LogP contribution in [0.4, 0.5) is 26.3 Å². The van der Waals surface area contributed by atoms with Gasteiger partial charge in [0.1, 0.15) is 37.9 Å². The molecule has 4 aliphatic rings. The summed E-state index contributed by atoms with van der Waals surface area (Å²) in [5, 5.41) is 0. The van der Waals surface area contributed by atoms with E-state index in [1.165, 1.54) is 24.3 Å². The molecule has 0 amide bonds. The molecule has 10 aromatic rings. The van der Waals surface area contributed by atoms with Gasteiger partial charge in [0.05, 0.1) is 51.2 Å². The number of ketones is 4. The summed E-state index contributed by atoms with van der Waals surface area (Å²) in [5.74, 6) is -10.3. The lowest BCUT2D eigenvalue weighted by molar-refractivity contribution is -0.184. The van der Waals surface area contributed by atoms with Crippen LogP contribution in [0.5, 0.6) is 11.5 Å². The van der Waals surface area contributed by atoms with Crippen LogP contribution in [-0.2, 0) is 97.7 Å². The van der Waals surface area contributed by atoms with Crippen LogP contribution < -0.4 is 9.47 Å². The molecule has 0 fully saturated rings. The third-order valence-electron chi connectivity index (χ3n) is 15.8. The van der Waals surface area contributed by atoms with E-state index in [2.05, 4.69) is 0 Å². The lowest BCUT2D eigenvalue weighted by Gasteiger charge is -2.33. The van der Waals surface area contributed by atoms with E-state index in [1.807, 2.05) is 0 Å². The number of hydrogen-bond donors (Lipinski definition) is 0. The molecule has 0 saturated heterocycles. The highest BCUT2D eigenvalue weighted by Gasteiger charge is 2.64. The van der Waals surface area contributed by atoms with Crippen molar-refractivity contribution < 1.29 is 93.1 Å². The van der Waals surface area contributed by atoms with E-state index in [0.29, 0.717) is 34.4 Å². The minimum absolute atomic E-state index is 0.00931. The van der Waals surface area contributed by atoms with E-state index < -0.39 is 119 Å². The summed E-state index contributed by atoms with van der Waals surface area (Å²) in [6.07, 6.45) is -7.19. The molecule has 6 aromatic carbocycles. The van der Waals surface area contributed by atoms with Gasteiger partial charge >= 0.3 is 47.4 Å². The molecule has 14 nitrogen and oxygen atoms in total. The lowest BCUT2D eigenvalue weighted by atomic mass is 9.88. The van der Waals surface area contributed by atoms with Gasteiger partial charge in [-0.15, -0.1) is 45.3 Å². The number of carbonyl (C=O) groups excluding carboxylic acids is 8. The predicted molar refractivity (Wildman–Crippen MR) is 333 cm³/mol. The third kappa shape index (κ3) is 10.4. The Kier molecular flexibility index (Phi) is 15.2. The van der Waals surface area contributed by atoms with Crippen molar-refractivity contribution in [2.24, 2.45) is 0 Å². The molecule has 14 rings (SSSR count). The van der Waals surface area contributed by atoms with E-state index in [1.54, 1.807) is 121 Å². The van der Waals surface area contributed by atoms with E-state index in [0.717, 1.165) is 69.6 Å². The third-order valence-corrected chi connectivity index (χ3v) is 20.8. The van der Waals surface area contributed by atoms with Crippen LogP contribution in [0.15, 0.2) is 170 Å². The zero-order valence-corrected chi connectivity index (χ0v) is 51.0. The molecular formula is C70H38F6O14S4. The average Bonchev–Trinajstić information content (AvgIpc) is 1.51. The summed E-state index contributed by atoms with van der Waals surface area (Å²) in [4.78, 5) is 118. The Morgan fingerprint density at radius 2 is 0.691 bits per heavy atom. The van der Waals surface area contributed by atoms with E-state index >= 15 is 19.2 Å². The number of fused-ring (bicyclic) bond motifs is 11. The monoisotopic (exact) mass is 1340 g/mol. The van der Waals surface area contributed by atoms with Crippen LogP contribution in [0.2, 0.25) is 0 Å². The van der Waals surface area contributed by atoms with E-state index in [4.69, 9.17) is 28.4 Å². The predicted octanol–water partition coefficient (Wildman–Crippen LogP) is 15.2. The maximum absolute atomic E-state index is 15.8. The zero-order valence-electron chi connectivity index (χ0n) is 47.8. The molecule has 0 spiro atoms. The summed E-state index contributed by atoms with van der Waals surface area (Å²) in [6, 6.07) is 41.0. The molecule has 2 aliphatic heterocycles. The smallest absolute Gasteiger partial charge is 0.416 e. The molecule has 0 unspecified atom stereocenters. The van der Waals surface area contributed by atoms with Gasteiger partial charge in [-0.05, 0) is 81.9 Å². The quantitative estimate of drug-likeness (QED) is 0.0249. The van der Waals surface area contributed by atoms with Gasteiger partial charge in [0.2, 0.25) is 23.1 Å². The largest absolute Gasteiger partial charge is 0.458 e. The van der Waals surface area contributed by atoms with Gasteiger partial charge in [0, 0.05) is 32.0 Å². The summed E-state index contributed by atoms with van der Waals surface area (Å²) in [5.41, 5.74) is -8.54. The van der Waals surface area contributed by atoms with Crippen LogP contribution >= 0.6 is 45.3 Å². The first-order chi connectivity index (χ1) is 45.1. The number of halogens is 6. The number of thiophene rings is 4. The zero-order chi connectivity index (χ0) is 65.6. The molecule has 0 atom stereocenters. The van der Waals surface area contributed by atoms with Gasteiger partial charge in [-0.3, -0.25) is 19.2 Å². The van der Waals surface area contributed by atoms with Crippen molar-refractivity contribution >= 4 is 125 Å². The van der Waals surface area contributed by atoms with Gasteiger partial charge in [-0.2, -0.15) is 26.3 Å². The first-order valence-electron chi connectivity index (χ1n) is 28.3. The lowest BCUT2D eigenvalue weighted by Crippen LogP contribution is -2.52. The molecule has 0 bridgehead atoms. The van der Waals surface area contributed by atoms with E-state index in [9.17, 15) is 45.5 Å². The van der Waals surface area contributed by atoms with Crippen LogP contribution in [0.1, 0.15) is 86.1 Å². The highest BCUT2D eigenvalue weighted by molar-refractivity contribution is 7.34. The molecule has 94 heavy (non-hydrogen) atoms. The highest BCUT2D eigenvalue weighted by Crippen LogP contribution is 2.64. The minimum Gasteiger partial charge on any atom is -0.458 e. The number of hydrogen-bond acceptors (Lipinski definition) is 18. The van der Waals surface area contributed by atoms with E-state index in [-0.39, 0.29) is 83.6 Å². The molecule has 0 saturated carbocycles. The fraction of sp³-hybridized carbons (Fsp3) is 0.114. The SMILES string of the molecule is O=C1C(=O)c2cc(C(F)(F)F)ccc2/C1=C/c1cc2c(s1)-c1sc3c4c(sc3c1C(C(=O)OCc1ccccc1)(C(=O)OCc1ccccc1)O2)-c1sc(/C=C2\C(=O)C(=O)c3cc(C(F)(F)F)ccc32)cc1OC4(C(=O)OCc1ccccc1)C(=O)OCc1ccccc1. The normalized spacial score (nSPS) is 15.7. The van der Waals surface area contributed by atoms with Crippen LogP contribution in [0, 0.1) is 0 Å². The molecule has 24 heteroatoms. The maximum Gasteiger partial charge on any atom is 0.416 e. The Hall–Kier alpha value is -10.4. The van der Waals surface area contributed by atoms with Crippen molar-refractivity contribution in [3.05, 3.63) is 246 Å². The second kappa shape index (κ2) is 23.3. The molecule has 468 valence electrons. The van der Waals surface area contributed by atoms with Crippen LogP contribution in [0.25, 0.3) is 52.2 Å². The van der Waals surface area contributed by atoms with Crippen LogP contribution in [-0.4, -0.2) is 47.0 Å². The Bertz CT molecular complexity index is 4520. The van der Waals surface area contributed by atoms with Gasteiger partial charge in [-0.25, -0.2) is 19.2 Å². The Balaban J connectivity index is 1.01. The summed E-state index contributed by atoms with van der Waals surface area (Å²) < 4.78 is 122. The first kappa shape index (κ1) is 61.1. The average molecular weight is 1350 g/mol. The number of ether oxygens (including phenoxy) is 6. The number of allylic oxidation sites excluding steroid dienone is 2. The van der Waals surface area contributed by atoms with Crippen molar-refractivity contribution in [2.45, 2.75) is 50.0 Å². The van der Waals surface area contributed by atoms with Crippen LogP contribution in [0.3, 0.4) is 0 Å². The molecule has 0 radical (unpaired) electrons. The molecular weight excluding hydrogens is 1310 g/mol. The van der Waals surface area contributed by atoms with Crippen molar-refractivity contribution in [1.29, 1.82) is 0 Å². The number of alkyl halides is 6. The molecule has 2 aliphatic carbocycles. The second-order valence-corrected chi connectivity index (χ2v) is 25.9. The fourth-order valence-corrected chi connectivity index (χ4v) is 16.8. The Morgan fingerprint density at radius 1 is 0.383 bits per heavy atom. The van der Waals surface area contributed by atoms with Gasteiger partial charge < -0.3 is 28.4 Å². The number of benzene rings is 6. The Morgan fingerprint density at radius 3 is 0.989 bits per heavy atom. The van der Waals surface area contributed by atoms with Gasteiger partial charge in [0.15, 0.2) is 0 Å². The van der Waals surface area contributed by atoms with Crippen molar-refractivity contribution in [3.63, 3.8) is 0 Å². The number of esters is 4.